The van der Waals surface area contributed by atoms with Gasteiger partial charge in [-0.3, -0.25) is 9.69 Å². The minimum atomic E-state index is -1.09. The Bertz CT molecular complexity index is 431. The number of hydrogen-bond donors (Lipinski definition) is 0. The van der Waals surface area contributed by atoms with E-state index in [2.05, 4.69) is 0 Å². The van der Waals surface area contributed by atoms with E-state index in [1.807, 2.05) is 30.3 Å². The summed E-state index contributed by atoms with van der Waals surface area (Å²) in [5.74, 6) is 0. The van der Waals surface area contributed by atoms with Gasteiger partial charge in [0.2, 0.25) is 5.24 Å². The van der Waals surface area contributed by atoms with Crippen LogP contribution in [0.1, 0.15) is 19.4 Å². The van der Waals surface area contributed by atoms with Crippen molar-refractivity contribution < 1.29 is 14.3 Å². The highest BCUT2D eigenvalue weighted by Gasteiger charge is 2.34. The van der Waals surface area contributed by atoms with Crippen molar-refractivity contribution in [3.63, 3.8) is 0 Å². The van der Waals surface area contributed by atoms with Crippen molar-refractivity contribution in [3.8, 4) is 0 Å². The zero-order chi connectivity index (χ0) is 13.8. The Balaban J connectivity index is 2.59. The number of nitrogens with zero attached hydrogens (tertiary/aromatic N) is 1. The quantitative estimate of drug-likeness (QED) is 0.790. The van der Waals surface area contributed by atoms with E-state index in [-0.39, 0.29) is 6.61 Å². The molecule has 0 aromatic heterocycles. The Morgan fingerprint density at radius 3 is 2.33 bits per heavy atom. The molecular weight excluding hydrogens is 254 g/mol. The molecule has 0 spiro atoms. The van der Waals surface area contributed by atoms with Gasteiger partial charge in [0.1, 0.15) is 12.1 Å². The Morgan fingerprint density at radius 1 is 1.28 bits per heavy atom. The summed E-state index contributed by atoms with van der Waals surface area (Å²) >= 11 is 5.44. The van der Waals surface area contributed by atoms with Gasteiger partial charge >= 0.3 is 6.09 Å². The lowest BCUT2D eigenvalue weighted by Gasteiger charge is -2.31. The number of rotatable bonds is 4. The van der Waals surface area contributed by atoms with E-state index in [0.717, 1.165) is 5.56 Å². The van der Waals surface area contributed by atoms with Crippen LogP contribution < -0.4 is 0 Å². The van der Waals surface area contributed by atoms with Gasteiger partial charge in [0.25, 0.3) is 0 Å². The number of carbonyl (C=O) groups is 2. The van der Waals surface area contributed by atoms with Gasteiger partial charge in [0.15, 0.2) is 0 Å². The van der Waals surface area contributed by atoms with Gasteiger partial charge in [0.05, 0.1) is 0 Å². The molecule has 1 rings (SSSR count). The lowest BCUT2D eigenvalue weighted by Crippen LogP contribution is -2.49. The van der Waals surface area contributed by atoms with Crippen LogP contribution in [0.3, 0.4) is 0 Å². The molecule has 0 N–H and O–H groups in total. The van der Waals surface area contributed by atoms with Gasteiger partial charge in [-0.25, -0.2) is 4.79 Å². The first-order valence-corrected chi connectivity index (χ1v) is 5.88. The third-order valence-electron chi connectivity index (χ3n) is 2.80. The lowest BCUT2D eigenvalue weighted by molar-refractivity contribution is -0.119. The fraction of sp³-hybridized carbons (Fsp3) is 0.385. The minimum Gasteiger partial charge on any atom is -0.445 e. The number of likely N-dealkylation sites (N-methyl/N-ethyl adjacent to an activating group) is 1. The molecule has 98 valence electrons. The molecule has 1 aromatic rings. The molecule has 0 saturated carbocycles. The summed E-state index contributed by atoms with van der Waals surface area (Å²) < 4.78 is 5.10. The van der Waals surface area contributed by atoms with Crippen molar-refractivity contribution in [2.75, 3.05) is 7.05 Å². The molecule has 0 fully saturated rings. The van der Waals surface area contributed by atoms with Crippen LogP contribution in [0.2, 0.25) is 0 Å². The Hall–Kier alpha value is -1.55. The van der Waals surface area contributed by atoms with Crippen molar-refractivity contribution in [1.29, 1.82) is 0 Å². The van der Waals surface area contributed by atoms with Crippen molar-refractivity contribution in [2.45, 2.75) is 26.0 Å². The fourth-order valence-electron chi connectivity index (χ4n) is 1.18. The molecule has 0 aliphatic heterocycles. The molecule has 0 atom stereocenters. The molecule has 1 amide bonds. The maximum Gasteiger partial charge on any atom is 0.410 e. The van der Waals surface area contributed by atoms with Crippen molar-refractivity contribution in [3.05, 3.63) is 35.9 Å². The van der Waals surface area contributed by atoms with Crippen LogP contribution in [-0.2, 0) is 16.1 Å². The fourth-order valence-corrected chi connectivity index (χ4v) is 1.30. The standard InChI is InChI=1S/C13H16ClNO3/c1-13(2,11(14)16)15(3)12(17)18-9-10-7-5-4-6-8-10/h4-8H,9H2,1-3H3. The normalized spacial score (nSPS) is 10.9. The predicted octanol–water partition coefficient (Wildman–Crippen LogP) is 2.80. The van der Waals surface area contributed by atoms with Gasteiger partial charge in [-0.15, -0.1) is 0 Å². The highest BCUT2D eigenvalue weighted by Crippen LogP contribution is 2.17. The van der Waals surface area contributed by atoms with Gasteiger partial charge in [-0.1, -0.05) is 30.3 Å². The third-order valence-corrected chi connectivity index (χ3v) is 3.26. The second-order valence-electron chi connectivity index (χ2n) is 4.43. The van der Waals surface area contributed by atoms with E-state index in [9.17, 15) is 9.59 Å². The Morgan fingerprint density at radius 2 is 1.83 bits per heavy atom. The van der Waals surface area contributed by atoms with E-state index >= 15 is 0 Å². The molecule has 0 radical (unpaired) electrons. The van der Waals surface area contributed by atoms with E-state index in [0.29, 0.717) is 0 Å². The first-order chi connectivity index (χ1) is 8.35. The monoisotopic (exact) mass is 269 g/mol. The van der Waals surface area contributed by atoms with Crippen molar-refractivity contribution in [1.82, 2.24) is 4.90 Å². The number of hydrogen-bond acceptors (Lipinski definition) is 3. The first-order valence-electron chi connectivity index (χ1n) is 5.50. The Kier molecular flexibility index (Phi) is 4.73. The summed E-state index contributed by atoms with van der Waals surface area (Å²) in [5.41, 5.74) is -0.204. The van der Waals surface area contributed by atoms with Crippen molar-refractivity contribution >= 4 is 22.9 Å². The summed E-state index contributed by atoms with van der Waals surface area (Å²) in [5, 5.41) is -0.610. The predicted molar refractivity (Wildman–Crippen MR) is 69.3 cm³/mol. The molecule has 0 unspecified atom stereocenters. The van der Waals surface area contributed by atoms with Crippen molar-refractivity contribution in [2.24, 2.45) is 0 Å². The number of carbonyl (C=O) groups excluding carboxylic acids is 2. The van der Waals surface area contributed by atoms with Crippen LogP contribution in [0.15, 0.2) is 30.3 Å². The summed E-state index contributed by atoms with van der Waals surface area (Å²) in [4.78, 5) is 24.1. The van der Waals surface area contributed by atoms with E-state index in [1.54, 1.807) is 13.8 Å². The van der Waals surface area contributed by atoms with Crippen LogP contribution in [0.4, 0.5) is 4.79 Å². The molecule has 0 bridgehead atoms. The van der Waals surface area contributed by atoms with Crippen LogP contribution >= 0.6 is 11.6 Å². The molecule has 0 heterocycles. The summed E-state index contributed by atoms with van der Waals surface area (Å²) in [6.07, 6.45) is -0.585. The highest BCUT2D eigenvalue weighted by molar-refractivity contribution is 6.65. The third kappa shape index (κ3) is 3.47. The molecule has 5 heteroatoms. The molecule has 0 aliphatic rings. The topological polar surface area (TPSA) is 46.6 Å². The average molecular weight is 270 g/mol. The summed E-state index contributed by atoms with van der Waals surface area (Å²) in [6.45, 7) is 3.29. The van der Waals surface area contributed by atoms with E-state index < -0.39 is 16.9 Å². The number of ether oxygens (including phenoxy) is 1. The smallest absolute Gasteiger partial charge is 0.410 e. The minimum absolute atomic E-state index is 0.163. The zero-order valence-corrected chi connectivity index (χ0v) is 11.4. The summed E-state index contributed by atoms with van der Waals surface area (Å²) in [7, 11) is 1.48. The van der Waals surface area contributed by atoms with Gasteiger partial charge in [-0.05, 0) is 31.0 Å². The molecule has 0 aliphatic carbocycles. The Labute approximate surface area is 111 Å². The van der Waals surface area contributed by atoms with Gasteiger partial charge in [0, 0.05) is 7.05 Å². The molecule has 0 saturated heterocycles. The first kappa shape index (κ1) is 14.5. The SMILES string of the molecule is CN(C(=O)OCc1ccccc1)C(C)(C)C(=O)Cl. The molecule has 1 aromatic carbocycles. The van der Waals surface area contributed by atoms with E-state index in [4.69, 9.17) is 16.3 Å². The van der Waals surface area contributed by atoms with E-state index in [1.165, 1.54) is 11.9 Å². The lowest BCUT2D eigenvalue weighted by atomic mass is 10.1. The summed E-state index contributed by atoms with van der Waals surface area (Å²) in [6, 6.07) is 9.31. The average Bonchev–Trinajstić information content (AvgIpc) is 2.36. The zero-order valence-electron chi connectivity index (χ0n) is 10.6. The van der Waals surface area contributed by atoms with Gasteiger partial charge in [-0.2, -0.15) is 0 Å². The van der Waals surface area contributed by atoms with Crippen LogP contribution in [-0.4, -0.2) is 28.8 Å². The maximum atomic E-state index is 11.8. The molecular formula is C13H16ClNO3. The van der Waals surface area contributed by atoms with Crippen LogP contribution in [0.5, 0.6) is 0 Å². The van der Waals surface area contributed by atoms with Gasteiger partial charge < -0.3 is 4.74 Å². The number of halogens is 1. The molecule has 4 nitrogen and oxygen atoms in total. The second-order valence-corrected chi connectivity index (χ2v) is 4.78. The van der Waals surface area contributed by atoms with Crippen LogP contribution in [0.25, 0.3) is 0 Å². The van der Waals surface area contributed by atoms with Crippen LogP contribution in [0, 0.1) is 0 Å². The number of benzene rings is 1. The maximum absolute atomic E-state index is 11.8. The largest absolute Gasteiger partial charge is 0.445 e. The number of amides is 1. The molecule has 18 heavy (non-hydrogen) atoms. The second kappa shape index (κ2) is 5.87. The highest BCUT2D eigenvalue weighted by atomic mass is 35.5.